The molecule has 0 radical (unpaired) electrons. The molecule has 0 aromatic carbocycles. The highest BCUT2D eigenvalue weighted by molar-refractivity contribution is 9.09. The average molecular weight is 455 g/mol. The van der Waals surface area contributed by atoms with E-state index in [1.807, 2.05) is 19.6 Å². The summed E-state index contributed by atoms with van der Waals surface area (Å²) < 4.78 is 35.4. The van der Waals surface area contributed by atoms with Crippen molar-refractivity contribution in [1.82, 2.24) is 9.71 Å². The number of aromatic hydroxyl groups is 1. The Kier molecular flexibility index (Phi) is 6.48. The van der Waals surface area contributed by atoms with Gasteiger partial charge in [-0.25, -0.2) is 18.1 Å². The third-order valence-electron chi connectivity index (χ3n) is 2.82. The van der Waals surface area contributed by atoms with Gasteiger partial charge in [-0.1, -0.05) is 15.9 Å². The van der Waals surface area contributed by atoms with Crippen LogP contribution < -0.4 is 9.15 Å². The normalized spacial score (nSPS) is 13.4. The largest absolute Gasteiger partial charge is 0.539 e. The molecule has 0 aliphatic carbocycles. The quantitative estimate of drug-likeness (QED) is 0.321. The Labute approximate surface area is 155 Å². The Morgan fingerprint density at radius 3 is 2.75 bits per heavy atom. The standard InChI is InChI=1S/C13H19BrN2O5S2Si/c1-24(2,3)21-11-9(17)12(13-15-6-7-22-13)20-10(11)8(14)4-5-16-23(18)19/h6-8,17,23H,4-5H2,1-3H3,(H,16,18,19). The molecule has 0 fully saturated rings. The van der Waals surface area contributed by atoms with E-state index < -0.39 is 19.2 Å². The van der Waals surface area contributed by atoms with Crippen molar-refractivity contribution in [3.63, 3.8) is 0 Å². The van der Waals surface area contributed by atoms with Crippen molar-refractivity contribution in [2.24, 2.45) is 0 Å². The van der Waals surface area contributed by atoms with E-state index in [4.69, 9.17) is 8.84 Å². The molecule has 2 aromatic rings. The van der Waals surface area contributed by atoms with Gasteiger partial charge in [0.25, 0.3) is 0 Å². The molecule has 0 amide bonds. The van der Waals surface area contributed by atoms with Crippen LogP contribution in [0.3, 0.4) is 0 Å². The topological polar surface area (TPSA) is 102 Å². The van der Waals surface area contributed by atoms with E-state index in [2.05, 4.69) is 25.6 Å². The monoisotopic (exact) mass is 454 g/mol. The van der Waals surface area contributed by atoms with Crippen LogP contribution in [-0.4, -0.2) is 33.4 Å². The zero-order valence-corrected chi connectivity index (χ0v) is 17.7. The van der Waals surface area contributed by atoms with Gasteiger partial charge in [-0.3, -0.25) is 0 Å². The van der Waals surface area contributed by atoms with Crippen LogP contribution in [0.25, 0.3) is 10.8 Å². The molecule has 134 valence electrons. The first kappa shape index (κ1) is 19.4. The van der Waals surface area contributed by atoms with Gasteiger partial charge in [0, 0.05) is 18.1 Å². The van der Waals surface area contributed by atoms with Crippen LogP contribution in [0, 0.1) is 0 Å². The number of halogens is 1. The van der Waals surface area contributed by atoms with Gasteiger partial charge in [0.05, 0.1) is 4.83 Å². The fourth-order valence-electron chi connectivity index (χ4n) is 1.93. The number of nitrogens with zero attached hydrogens (tertiary/aromatic N) is 1. The van der Waals surface area contributed by atoms with E-state index in [0.29, 0.717) is 22.9 Å². The van der Waals surface area contributed by atoms with E-state index in [9.17, 15) is 13.5 Å². The lowest BCUT2D eigenvalue weighted by atomic mass is 10.2. The summed E-state index contributed by atoms with van der Waals surface area (Å²) in [6.07, 6.45) is 2.07. The molecule has 2 heterocycles. The maximum absolute atomic E-state index is 10.6. The second kappa shape index (κ2) is 8.00. The first-order valence-corrected chi connectivity index (χ1v) is 13.5. The Balaban J connectivity index is 2.35. The number of thiol groups is 1. The first-order chi connectivity index (χ1) is 11.2. The zero-order chi connectivity index (χ0) is 17.9. The maximum atomic E-state index is 10.6. The van der Waals surface area contributed by atoms with Crippen molar-refractivity contribution in [2.75, 3.05) is 6.54 Å². The molecule has 0 spiro atoms. The van der Waals surface area contributed by atoms with Crippen LogP contribution in [-0.2, 0) is 10.9 Å². The third-order valence-corrected chi connectivity index (χ3v) is 5.77. The van der Waals surface area contributed by atoms with E-state index in [-0.39, 0.29) is 22.9 Å². The molecule has 7 nitrogen and oxygen atoms in total. The maximum Gasteiger partial charge on any atom is 0.242 e. The summed E-state index contributed by atoms with van der Waals surface area (Å²) in [5.74, 6) is 0.922. The van der Waals surface area contributed by atoms with E-state index >= 15 is 0 Å². The highest BCUT2D eigenvalue weighted by atomic mass is 79.9. The summed E-state index contributed by atoms with van der Waals surface area (Å²) in [5, 5.41) is 12.9. The van der Waals surface area contributed by atoms with Crippen molar-refractivity contribution in [2.45, 2.75) is 30.9 Å². The van der Waals surface area contributed by atoms with E-state index in [0.717, 1.165) is 0 Å². The number of furan rings is 1. The molecule has 0 saturated heterocycles. The Hall–Kier alpha value is -0.883. The van der Waals surface area contributed by atoms with Gasteiger partial charge < -0.3 is 13.9 Å². The summed E-state index contributed by atoms with van der Waals surface area (Å²) in [5.41, 5.74) is 0. The predicted molar refractivity (Wildman–Crippen MR) is 100 cm³/mol. The first-order valence-electron chi connectivity index (χ1n) is 7.15. The lowest BCUT2D eigenvalue weighted by molar-refractivity contribution is 0.438. The SMILES string of the molecule is C[Si](C)(C)Oc1c(C(Br)CCN[SH](=O)=O)oc(-c2nccs2)c1O. The number of thiazole rings is 1. The number of hydrogen-bond donors (Lipinski definition) is 3. The van der Waals surface area contributed by atoms with Gasteiger partial charge in [-0.2, -0.15) is 0 Å². The van der Waals surface area contributed by atoms with Gasteiger partial charge in [-0.15, -0.1) is 11.3 Å². The van der Waals surface area contributed by atoms with Crippen molar-refractivity contribution >= 4 is 46.5 Å². The second-order valence-corrected chi connectivity index (χ2v) is 13.2. The molecule has 11 heteroatoms. The highest BCUT2D eigenvalue weighted by Gasteiger charge is 2.31. The average Bonchev–Trinajstić information content (AvgIpc) is 3.06. The summed E-state index contributed by atoms with van der Waals surface area (Å²) in [6, 6.07) is 0. The second-order valence-electron chi connectivity index (χ2n) is 5.95. The van der Waals surface area contributed by atoms with Crippen LogP contribution in [0.2, 0.25) is 19.6 Å². The number of alkyl halides is 1. The minimum absolute atomic E-state index is 0.0744. The van der Waals surface area contributed by atoms with Gasteiger partial charge in [0.1, 0.15) is 0 Å². The van der Waals surface area contributed by atoms with Crippen LogP contribution in [0.15, 0.2) is 16.0 Å². The molecule has 0 saturated carbocycles. The zero-order valence-electron chi connectivity index (χ0n) is 13.4. The fourth-order valence-corrected chi connectivity index (χ4v) is 4.20. The molecule has 2 N–H and O–H groups in total. The minimum atomic E-state index is -2.64. The lowest BCUT2D eigenvalue weighted by Crippen LogP contribution is -2.29. The summed E-state index contributed by atoms with van der Waals surface area (Å²) in [4.78, 5) is 3.84. The summed E-state index contributed by atoms with van der Waals surface area (Å²) in [7, 11) is -4.64. The van der Waals surface area contributed by atoms with Crippen molar-refractivity contribution in [1.29, 1.82) is 0 Å². The van der Waals surface area contributed by atoms with Crippen LogP contribution in [0.1, 0.15) is 17.0 Å². The molecular weight excluding hydrogens is 436 g/mol. The van der Waals surface area contributed by atoms with Crippen molar-refractivity contribution in [3.8, 4) is 22.3 Å². The number of nitrogens with one attached hydrogen (secondary N) is 1. The molecule has 1 atom stereocenters. The van der Waals surface area contributed by atoms with E-state index in [1.54, 1.807) is 11.6 Å². The molecule has 1 unspecified atom stereocenters. The van der Waals surface area contributed by atoms with Crippen LogP contribution in [0.5, 0.6) is 11.5 Å². The fraction of sp³-hybridized carbons (Fsp3) is 0.462. The van der Waals surface area contributed by atoms with Crippen molar-refractivity contribution < 1.29 is 22.4 Å². The smallest absolute Gasteiger partial charge is 0.242 e. The van der Waals surface area contributed by atoms with Crippen LogP contribution in [0.4, 0.5) is 0 Å². The molecule has 0 aliphatic heterocycles. The minimum Gasteiger partial charge on any atom is -0.539 e. The number of aromatic nitrogens is 1. The molecule has 2 rings (SSSR count). The molecule has 2 aromatic heterocycles. The Bertz CT molecular complexity index is 747. The molecular formula is C13H19BrN2O5S2Si. The lowest BCUT2D eigenvalue weighted by Gasteiger charge is -2.20. The predicted octanol–water partition coefficient (Wildman–Crippen LogP) is 3.26. The number of rotatable bonds is 8. The van der Waals surface area contributed by atoms with Gasteiger partial charge in [-0.05, 0) is 26.1 Å². The van der Waals surface area contributed by atoms with Gasteiger partial charge in [0.2, 0.25) is 30.7 Å². The molecule has 0 bridgehead atoms. The summed E-state index contributed by atoms with van der Waals surface area (Å²) in [6.45, 7) is 6.24. The van der Waals surface area contributed by atoms with Gasteiger partial charge >= 0.3 is 0 Å². The molecule has 0 aliphatic rings. The Morgan fingerprint density at radius 1 is 1.50 bits per heavy atom. The van der Waals surface area contributed by atoms with Crippen molar-refractivity contribution in [3.05, 3.63) is 17.3 Å². The highest BCUT2D eigenvalue weighted by Crippen LogP contribution is 2.49. The molecule has 24 heavy (non-hydrogen) atoms. The number of hydrogen-bond acceptors (Lipinski definition) is 7. The third kappa shape index (κ3) is 5.05. The van der Waals surface area contributed by atoms with Crippen LogP contribution >= 0.6 is 27.3 Å². The summed E-state index contributed by atoms with van der Waals surface area (Å²) >= 11 is 4.83. The van der Waals surface area contributed by atoms with Gasteiger partial charge in [0.15, 0.2) is 16.5 Å². The Morgan fingerprint density at radius 2 is 2.21 bits per heavy atom. The van der Waals surface area contributed by atoms with E-state index in [1.165, 1.54) is 11.3 Å².